The fourth-order valence-electron chi connectivity index (χ4n) is 2.53. The summed E-state index contributed by atoms with van der Waals surface area (Å²) in [5.41, 5.74) is -0.351. The molecule has 0 spiro atoms. The van der Waals surface area contributed by atoms with Gasteiger partial charge in [-0.1, -0.05) is 36.7 Å². The number of halogens is 1. The second-order valence-corrected chi connectivity index (χ2v) is 9.84. The number of benzene rings is 1. The van der Waals surface area contributed by atoms with Crippen LogP contribution in [-0.4, -0.2) is 45.5 Å². The highest BCUT2D eigenvalue weighted by atomic mass is 79.9. The number of ether oxygens (including phenoxy) is 1. The van der Waals surface area contributed by atoms with E-state index in [-0.39, 0.29) is 28.0 Å². The molecule has 0 radical (unpaired) electrons. The van der Waals surface area contributed by atoms with Gasteiger partial charge < -0.3 is 15.0 Å². The van der Waals surface area contributed by atoms with Gasteiger partial charge in [0.1, 0.15) is 10.6 Å². The van der Waals surface area contributed by atoms with Crippen LogP contribution in [0.25, 0.3) is 0 Å². The lowest BCUT2D eigenvalue weighted by molar-refractivity contribution is -0.128. The zero-order valence-electron chi connectivity index (χ0n) is 16.5. The predicted molar refractivity (Wildman–Crippen MR) is 110 cm³/mol. The lowest BCUT2D eigenvalue weighted by Crippen LogP contribution is -2.42. The van der Waals surface area contributed by atoms with Crippen LogP contribution in [0.1, 0.15) is 33.6 Å². The molecule has 3 N–H and O–H groups in total. The molecule has 1 amide bonds. The van der Waals surface area contributed by atoms with E-state index in [2.05, 4.69) is 27.4 Å². The number of carbonyl (C=O) groups is 1. The van der Waals surface area contributed by atoms with E-state index in [0.717, 1.165) is 19.4 Å². The monoisotopic (exact) mass is 474 g/mol. The van der Waals surface area contributed by atoms with E-state index in [4.69, 9.17) is 15.1 Å². The summed E-state index contributed by atoms with van der Waals surface area (Å²) in [6.07, 6.45) is 4.20. The highest BCUT2D eigenvalue weighted by Crippen LogP contribution is 2.25. The Balaban J connectivity index is 0.000000283. The summed E-state index contributed by atoms with van der Waals surface area (Å²) in [4.78, 5) is 13.3. The summed E-state index contributed by atoms with van der Waals surface area (Å²) >= 11 is 3.14. The molecule has 8 nitrogen and oxygen atoms in total. The molecule has 28 heavy (non-hydrogen) atoms. The molecule has 1 atom stereocenters. The van der Waals surface area contributed by atoms with Crippen molar-refractivity contribution in [3.05, 3.63) is 22.7 Å². The molecule has 0 unspecified atom stereocenters. The maximum absolute atomic E-state index is 11.6. The second-order valence-electron chi connectivity index (χ2n) is 7.39. The first-order valence-electron chi connectivity index (χ1n) is 8.71. The fraction of sp³-hybridized carbons (Fsp3) is 0.556. The van der Waals surface area contributed by atoms with E-state index in [1.165, 1.54) is 19.2 Å². The number of methoxy groups -OCH3 is 1. The Labute approximate surface area is 175 Å². The topological polar surface area (TPSA) is 126 Å². The van der Waals surface area contributed by atoms with Crippen LogP contribution >= 0.6 is 15.9 Å². The minimum Gasteiger partial charge on any atom is -0.495 e. The van der Waals surface area contributed by atoms with Gasteiger partial charge in [0.15, 0.2) is 6.19 Å². The first-order valence-corrected chi connectivity index (χ1v) is 11.0. The number of nitrogens with one attached hydrogen (secondary N) is 1. The largest absolute Gasteiger partial charge is 0.495 e. The number of likely N-dealkylation sites (tertiary alicyclic amines) is 1. The van der Waals surface area contributed by atoms with E-state index in [9.17, 15) is 13.2 Å². The second kappa shape index (κ2) is 10.1. The number of hydrogen-bond donors (Lipinski definition) is 2. The van der Waals surface area contributed by atoms with Crippen molar-refractivity contribution in [2.75, 3.05) is 20.2 Å². The Morgan fingerprint density at radius 2 is 2.11 bits per heavy atom. The Morgan fingerprint density at radius 3 is 2.61 bits per heavy atom. The molecule has 0 saturated carbocycles. The fourth-order valence-corrected chi connectivity index (χ4v) is 3.76. The molecular formula is C18H27BrN4O4S. The molecule has 1 aromatic rings. The zero-order valence-corrected chi connectivity index (χ0v) is 18.9. The van der Waals surface area contributed by atoms with Crippen molar-refractivity contribution in [2.24, 2.45) is 10.6 Å². The summed E-state index contributed by atoms with van der Waals surface area (Å²) in [6, 6.07) is 4.80. The average Bonchev–Trinajstić information content (AvgIpc) is 3.06. The van der Waals surface area contributed by atoms with Crippen LogP contribution in [-0.2, 0) is 14.8 Å². The van der Waals surface area contributed by atoms with Crippen LogP contribution in [0.5, 0.6) is 5.75 Å². The molecule has 0 aromatic heterocycles. The van der Waals surface area contributed by atoms with Crippen LogP contribution < -0.4 is 15.2 Å². The molecule has 0 aliphatic carbocycles. The number of carbonyl (C=O) groups excluding carboxylic acids is 1. The first-order chi connectivity index (χ1) is 12.9. The van der Waals surface area contributed by atoms with Gasteiger partial charge >= 0.3 is 0 Å². The van der Waals surface area contributed by atoms with Crippen LogP contribution in [0.3, 0.4) is 0 Å². The lowest BCUT2D eigenvalue weighted by atomic mass is 9.95. The normalized spacial score (nSPS) is 16.6. The number of nitrogens with zero attached hydrogens (tertiary/aromatic N) is 2. The predicted octanol–water partition coefficient (Wildman–Crippen LogP) is 2.20. The molecule has 156 valence electrons. The Morgan fingerprint density at radius 1 is 1.46 bits per heavy atom. The maximum Gasteiger partial charge on any atom is 0.241 e. The van der Waals surface area contributed by atoms with Gasteiger partial charge in [0.05, 0.1) is 13.2 Å². The van der Waals surface area contributed by atoms with Gasteiger partial charge in [-0.25, -0.2) is 13.6 Å². The summed E-state index contributed by atoms with van der Waals surface area (Å²) in [5.74, 6) is 0.290. The molecule has 1 aromatic carbocycles. The van der Waals surface area contributed by atoms with Crippen molar-refractivity contribution >= 4 is 31.9 Å². The van der Waals surface area contributed by atoms with Gasteiger partial charge in [-0.2, -0.15) is 5.26 Å². The number of primary sulfonamides is 1. The summed E-state index contributed by atoms with van der Waals surface area (Å²) in [5, 5.41) is 16.7. The van der Waals surface area contributed by atoms with Crippen molar-refractivity contribution in [3.8, 4) is 11.9 Å². The van der Waals surface area contributed by atoms with Gasteiger partial charge in [0.2, 0.25) is 15.9 Å². The van der Waals surface area contributed by atoms with Crippen LogP contribution in [0.4, 0.5) is 0 Å². The third-order valence-electron chi connectivity index (χ3n) is 4.12. The third kappa shape index (κ3) is 7.30. The van der Waals surface area contributed by atoms with Crippen molar-refractivity contribution < 1.29 is 17.9 Å². The quantitative estimate of drug-likeness (QED) is 0.644. The van der Waals surface area contributed by atoms with E-state index >= 15 is 0 Å². The molecule has 1 aliphatic rings. The standard InChI is InChI=1S/C11H19N3O.C7H8BrNO3S/c1-11(2,3)10(15)13-7-9-5-4-6-14(9)8-12;1-12-6-3-2-5(8)4-7(6)13(9,10)11/h9H,4-7H2,1-3H3,(H,13,15);2-4H,1H3,(H2,9,10,11)/t9-;/m1./s1. The average molecular weight is 475 g/mol. The molecule has 2 rings (SSSR count). The van der Waals surface area contributed by atoms with Gasteiger partial charge in [0, 0.05) is 23.0 Å². The van der Waals surface area contributed by atoms with Gasteiger partial charge in [-0.3, -0.25) is 4.79 Å². The molecule has 1 saturated heterocycles. The highest BCUT2D eigenvalue weighted by Gasteiger charge is 2.26. The zero-order chi connectivity index (χ0) is 21.5. The number of hydrogen-bond acceptors (Lipinski definition) is 6. The minimum absolute atomic E-state index is 0.0237. The van der Waals surface area contributed by atoms with E-state index in [0.29, 0.717) is 11.0 Å². The number of nitriles is 1. The van der Waals surface area contributed by atoms with Gasteiger partial charge in [-0.05, 0) is 31.0 Å². The summed E-state index contributed by atoms with van der Waals surface area (Å²) in [6.45, 7) is 7.08. The lowest BCUT2D eigenvalue weighted by Gasteiger charge is -2.22. The van der Waals surface area contributed by atoms with Gasteiger partial charge in [-0.15, -0.1) is 0 Å². The van der Waals surface area contributed by atoms with E-state index in [1.807, 2.05) is 20.8 Å². The maximum atomic E-state index is 11.6. The Hall–Kier alpha value is -1.83. The molecule has 1 heterocycles. The molecule has 1 aliphatic heterocycles. The number of amides is 1. The molecular weight excluding hydrogens is 448 g/mol. The Kier molecular flexibility index (Phi) is 8.73. The van der Waals surface area contributed by atoms with Crippen molar-refractivity contribution in [1.82, 2.24) is 10.2 Å². The van der Waals surface area contributed by atoms with Crippen LogP contribution in [0.15, 0.2) is 27.6 Å². The minimum atomic E-state index is -3.72. The Bertz CT molecular complexity index is 831. The number of rotatable bonds is 4. The highest BCUT2D eigenvalue weighted by molar-refractivity contribution is 9.10. The van der Waals surface area contributed by atoms with Gasteiger partial charge in [0.25, 0.3) is 0 Å². The van der Waals surface area contributed by atoms with Crippen LogP contribution in [0, 0.1) is 16.9 Å². The summed E-state index contributed by atoms with van der Waals surface area (Å²) < 4.78 is 27.6. The number of sulfonamides is 1. The SMILES string of the molecule is CC(C)(C)C(=O)NC[C@H]1CCCN1C#N.COc1ccc(Br)cc1S(N)(=O)=O. The van der Waals surface area contributed by atoms with E-state index in [1.54, 1.807) is 11.0 Å². The first kappa shape index (κ1) is 24.2. The van der Waals surface area contributed by atoms with Crippen molar-refractivity contribution in [2.45, 2.75) is 44.6 Å². The smallest absolute Gasteiger partial charge is 0.241 e. The van der Waals surface area contributed by atoms with Crippen molar-refractivity contribution in [3.63, 3.8) is 0 Å². The number of nitrogens with two attached hydrogens (primary N) is 1. The molecule has 0 bridgehead atoms. The van der Waals surface area contributed by atoms with Crippen molar-refractivity contribution in [1.29, 1.82) is 5.26 Å². The molecule has 1 fully saturated rings. The molecule has 10 heteroatoms. The van der Waals surface area contributed by atoms with E-state index < -0.39 is 10.0 Å². The third-order valence-corrected chi connectivity index (χ3v) is 5.54. The van der Waals surface area contributed by atoms with Crippen LogP contribution in [0.2, 0.25) is 0 Å². The summed E-state index contributed by atoms with van der Waals surface area (Å²) in [7, 11) is -2.34.